The molecular formula is C17H26ClFN2O3. The van der Waals surface area contributed by atoms with E-state index in [2.05, 4.69) is 5.32 Å². The Bertz CT molecular complexity index is 551. The van der Waals surface area contributed by atoms with E-state index in [4.69, 9.17) is 15.2 Å². The van der Waals surface area contributed by atoms with Crippen molar-refractivity contribution >= 4 is 18.3 Å². The van der Waals surface area contributed by atoms with Crippen molar-refractivity contribution in [3.63, 3.8) is 0 Å². The normalized spacial score (nSPS) is 16.0. The number of halogens is 2. The van der Waals surface area contributed by atoms with Crippen molar-refractivity contribution in [1.29, 1.82) is 0 Å². The lowest BCUT2D eigenvalue weighted by molar-refractivity contribution is 0.0911. The van der Waals surface area contributed by atoms with Gasteiger partial charge in [0.15, 0.2) is 11.5 Å². The molecule has 0 bridgehead atoms. The highest BCUT2D eigenvalue weighted by Crippen LogP contribution is 2.30. The van der Waals surface area contributed by atoms with Crippen molar-refractivity contribution < 1.29 is 18.7 Å². The molecule has 3 N–H and O–H groups in total. The molecule has 0 radical (unpaired) electrons. The van der Waals surface area contributed by atoms with Crippen LogP contribution in [0.3, 0.4) is 0 Å². The van der Waals surface area contributed by atoms with Crippen LogP contribution in [0.15, 0.2) is 12.1 Å². The third-order valence-electron chi connectivity index (χ3n) is 4.51. The molecule has 1 saturated carbocycles. The van der Waals surface area contributed by atoms with Gasteiger partial charge >= 0.3 is 0 Å². The zero-order valence-corrected chi connectivity index (χ0v) is 15.0. The fraction of sp³-hybridized carbons (Fsp3) is 0.588. The number of methoxy groups -OCH3 is 2. The molecule has 136 valence electrons. The molecule has 0 saturated heterocycles. The summed E-state index contributed by atoms with van der Waals surface area (Å²) >= 11 is 0. The van der Waals surface area contributed by atoms with E-state index in [9.17, 15) is 9.18 Å². The number of hydrogen-bond donors (Lipinski definition) is 2. The van der Waals surface area contributed by atoms with Crippen molar-refractivity contribution in [2.24, 2.45) is 11.7 Å². The van der Waals surface area contributed by atoms with Gasteiger partial charge in [0.1, 0.15) is 5.82 Å². The maximum Gasteiger partial charge on any atom is 0.254 e. The van der Waals surface area contributed by atoms with Gasteiger partial charge in [-0.2, -0.15) is 0 Å². The molecule has 0 aromatic heterocycles. The third-order valence-corrected chi connectivity index (χ3v) is 4.51. The lowest BCUT2D eigenvalue weighted by atomic mass is 9.84. The predicted octanol–water partition coefficient (Wildman–Crippen LogP) is 2.90. The number of nitrogens with one attached hydrogen (secondary N) is 1. The molecule has 1 aromatic carbocycles. The quantitative estimate of drug-likeness (QED) is 0.818. The number of amides is 1. The van der Waals surface area contributed by atoms with Crippen LogP contribution in [0.4, 0.5) is 4.39 Å². The van der Waals surface area contributed by atoms with E-state index in [1.165, 1.54) is 26.7 Å². The van der Waals surface area contributed by atoms with Gasteiger partial charge in [0.2, 0.25) is 0 Å². The van der Waals surface area contributed by atoms with Gasteiger partial charge in [0, 0.05) is 18.7 Å². The Kier molecular flexibility index (Phi) is 8.28. The Morgan fingerprint density at radius 1 is 1.25 bits per heavy atom. The number of ether oxygens (including phenoxy) is 2. The average Bonchev–Trinajstić information content (AvgIpc) is 2.59. The second kappa shape index (κ2) is 9.69. The molecule has 1 unspecified atom stereocenters. The Morgan fingerprint density at radius 3 is 2.38 bits per heavy atom. The van der Waals surface area contributed by atoms with Crippen molar-refractivity contribution in [3.8, 4) is 11.5 Å². The molecule has 1 fully saturated rings. The summed E-state index contributed by atoms with van der Waals surface area (Å²) in [5, 5.41) is 2.88. The van der Waals surface area contributed by atoms with E-state index in [-0.39, 0.29) is 29.8 Å². The summed E-state index contributed by atoms with van der Waals surface area (Å²) < 4.78 is 24.3. The molecule has 2 rings (SSSR count). The van der Waals surface area contributed by atoms with Gasteiger partial charge in [-0.1, -0.05) is 19.3 Å². The maximum absolute atomic E-state index is 14.2. The number of benzene rings is 1. The van der Waals surface area contributed by atoms with Crippen LogP contribution in [0.1, 0.15) is 42.5 Å². The van der Waals surface area contributed by atoms with E-state index < -0.39 is 11.7 Å². The van der Waals surface area contributed by atoms with E-state index >= 15 is 0 Å². The first-order chi connectivity index (χ1) is 11.1. The van der Waals surface area contributed by atoms with Crippen molar-refractivity contribution in [1.82, 2.24) is 5.32 Å². The minimum Gasteiger partial charge on any atom is -0.493 e. The summed E-state index contributed by atoms with van der Waals surface area (Å²) in [6, 6.07) is 2.39. The van der Waals surface area contributed by atoms with Crippen LogP contribution in [0.2, 0.25) is 0 Å². The summed E-state index contributed by atoms with van der Waals surface area (Å²) in [6.07, 6.45) is 5.64. The molecule has 24 heavy (non-hydrogen) atoms. The lowest BCUT2D eigenvalue weighted by Crippen LogP contribution is -2.46. The van der Waals surface area contributed by atoms with Crippen LogP contribution in [-0.4, -0.2) is 32.7 Å². The maximum atomic E-state index is 14.2. The minimum absolute atomic E-state index is 0. The third kappa shape index (κ3) is 4.74. The Morgan fingerprint density at radius 2 is 1.83 bits per heavy atom. The summed E-state index contributed by atoms with van der Waals surface area (Å²) in [7, 11) is 2.87. The summed E-state index contributed by atoms with van der Waals surface area (Å²) in [4.78, 5) is 12.4. The van der Waals surface area contributed by atoms with Gasteiger partial charge in [-0.05, 0) is 24.8 Å². The number of carbonyl (C=O) groups excluding carboxylic acids is 1. The molecular weight excluding hydrogens is 335 g/mol. The number of nitrogens with two attached hydrogens (primary N) is 1. The smallest absolute Gasteiger partial charge is 0.254 e. The summed E-state index contributed by atoms with van der Waals surface area (Å²) in [5.41, 5.74) is 5.76. The van der Waals surface area contributed by atoms with Crippen LogP contribution < -0.4 is 20.5 Å². The molecule has 1 amide bonds. The van der Waals surface area contributed by atoms with Gasteiger partial charge in [-0.25, -0.2) is 4.39 Å². The number of rotatable bonds is 6. The van der Waals surface area contributed by atoms with E-state index in [1.807, 2.05) is 0 Å². The van der Waals surface area contributed by atoms with Crippen molar-refractivity contribution in [3.05, 3.63) is 23.5 Å². The van der Waals surface area contributed by atoms with Crippen molar-refractivity contribution in [2.75, 3.05) is 20.8 Å². The van der Waals surface area contributed by atoms with Gasteiger partial charge < -0.3 is 20.5 Å². The molecule has 0 aliphatic heterocycles. The zero-order valence-electron chi connectivity index (χ0n) is 14.1. The average molecular weight is 361 g/mol. The highest BCUT2D eigenvalue weighted by atomic mass is 35.5. The van der Waals surface area contributed by atoms with Crippen LogP contribution >= 0.6 is 12.4 Å². The summed E-state index contributed by atoms with van der Waals surface area (Å²) in [6.45, 7) is 0.352. The SMILES string of the molecule is COc1cc(F)c(C(=O)NC(CN)C2CCCCC2)cc1OC.Cl. The van der Waals surface area contributed by atoms with Crippen LogP contribution in [0, 0.1) is 11.7 Å². The molecule has 1 aliphatic rings. The first-order valence-electron chi connectivity index (χ1n) is 8.03. The fourth-order valence-electron chi connectivity index (χ4n) is 3.18. The van der Waals surface area contributed by atoms with Crippen LogP contribution in [-0.2, 0) is 0 Å². The van der Waals surface area contributed by atoms with Crippen LogP contribution in [0.25, 0.3) is 0 Å². The molecule has 7 heteroatoms. The topological polar surface area (TPSA) is 73.6 Å². The molecule has 0 heterocycles. The lowest BCUT2D eigenvalue weighted by Gasteiger charge is -2.30. The standard InChI is InChI=1S/C17H25FN2O3.ClH/c1-22-15-8-12(13(18)9-16(15)23-2)17(21)20-14(10-19)11-6-4-3-5-7-11;/h8-9,11,14H,3-7,10,19H2,1-2H3,(H,20,21);1H. The Labute approximate surface area is 148 Å². The fourth-order valence-corrected chi connectivity index (χ4v) is 3.18. The molecule has 1 aliphatic carbocycles. The first-order valence-corrected chi connectivity index (χ1v) is 8.03. The van der Waals surface area contributed by atoms with Gasteiger partial charge in [-0.3, -0.25) is 4.79 Å². The van der Waals surface area contributed by atoms with Crippen molar-refractivity contribution in [2.45, 2.75) is 38.1 Å². The first kappa shape index (κ1) is 20.5. The highest BCUT2D eigenvalue weighted by molar-refractivity contribution is 5.95. The molecule has 5 nitrogen and oxygen atoms in total. The molecule has 1 atom stereocenters. The van der Waals surface area contributed by atoms with Gasteiger partial charge in [-0.15, -0.1) is 12.4 Å². The molecule has 1 aromatic rings. The van der Waals surface area contributed by atoms with E-state index in [1.54, 1.807) is 0 Å². The largest absolute Gasteiger partial charge is 0.493 e. The minimum atomic E-state index is -0.639. The number of carbonyl (C=O) groups is 1. The number of hydrogen-bond acceptors (Lipinski definition) is 4. The zero-order chi connectivity index (χ0) is 16.8. The molecule has 0 spiro atoms. The predicted molar refractivity (Wildman–Crippen MR) is 93.6 cm³/mol. The highest BCUT2D eigenvalue weighted by Gasteiger charge is 2.26. The van der Waals surface area contributed by atoms with E-state index in [0.29, 0.717) is 18.2 Å². The second-order valence-electron chi connectivity index (χ2n) is 5.90. The summed E-state index contributed by atoms with van der Waals surface area (Å²) in [5.74, 6) is -0.171. The Hall–Kier alpha value is -1.53. The monoisotopic (exact) mass is 360 g/mol. The van der Waals surface area contributed by atoms with Gasteiger partial charge in [0.05, 0.1) is 19.8 Å². The second-order valence-corrected chi connectivity index (χ2v) is 5.90. The van der Waals surface area contributed by atoms with Crippen LogP contribution in [0.5, 0.6) is 11.5 Å². The van der Waals surface area contributed by atoms with Gasteiger partial charge in [0.25, 0.3) is 5.91 Å². The Balaban J connectivity index is 0.00000288. The van der Waals surface area contributed by atoms with E-state index in [0.717, 1.165) is 31.7 Å².